The molecule has 1 aromatic heterocycles. The molecule has 8 heteroatoms. The van der Waals surface area contributed by atoms with Crippen molar-refractivity contribution in [1.82, 2.24) is 13.9 Å². The summed E-state index contributed by atoms with van der Waals surface area (Å²) in [5, 5.41) is 1.93. The fraction of sp³-hybridized carbons (Fsp3) is 0.226. The fourth-order valence-electron chi connectivity index (χ4n) is 4.94. The Morgan fingerprint density at radius 1 is 0.897 bits per heavy atom. The van der Waals surface area contributed by atoms with Crippen LogP contribution in [0.2, 0.25) is 0 Å². The molecule has 5 rings (SSSR count). The molecule has 0 spiro atoms. The first kappa shape index (κ1) is 26.7. The highest BCUT2D eigenvalue weighted by molar-refractivity contribution is 7.89. The number of aromatic nitrogens is 2. The number of sulfonamides is 1. The van der Waals surface area contributed by atoms with Gasteiger partial charge in [-0.2, -0.15) is 4.31 Å². The third-order valence-electron chi connectivity index (χ3n) is 7.06. The number of fused-ring (bicyclic) bond motifs is 2. The first-order valence-electron chi connectivity index (χ1n) is 13.0. The second kappa shape index (κ2) is 11.1. The number of nitrogens with zero attached hydrogens (tertiary/aromatic N) is 3. The Bertz CT molecular complexity index is 1790. The Hall–Kier alpha value is -3.85. The van der Waals surface area contributed by atoms with Crippen LogP contribution in [0.5, 0.6) is 0 Å². The lowest BCUT2D eigenvalue weighted by Gasteiger charge is -2.30. The molecule has 0 saturated heterocycles. The van der Waals surface area contributed by atoms with E-state index in [0.29, 0.717) is 27.8 Å². The molecular weight excluding hydrogens is 510 g/mol. The Morgan fingerprint density at radius 3 is 2.28 bits per heavy atom. The summed E-state index contributed by atoms with van der Waals surface area (Å²) >= 11 is 0. The summed E-state index contributed by atoms with van der Waals surface area (Å²) in [7, 11) is -2.49. The Morgan fingerprint density at radius 2 is 1.56 bits per heavy atom. The maximum atomic E-state index is 14.3. The van der Waals surface area contributed by atoms with Crippen molar-refractivity contribution in [3.05, 3.63) is 113 Å². The van der Waals surface area contributed by atoms with Gasteiger partial charge < -0.3 is 4.74 Å². The number of ether oxygens (including phenoxy) is 1. The van der Waals surface area contributed by atoms with Gasteiger partial charge >= 0.3 is 0 Å². The number of rotatable bonds is 9. The zero-order valence-electron chi connectivity index (χ0n) is 22.2. The van der Waals surface area contributed by atoms with E-state index in [1.807, 2.05) is 54.6 Å². The van der Waals surface area contributed by atoms with E-state index in [9.17, 15) is 13.2 Å². The monoisotopic (exact) mass is 541 g/mol. The average molecular weight is 542 g/mol. The molecule has 7 nitrogen and oxygen atoms in total. The summed E-state index contributed by atoms with van der Waals surface area (Å²) in [4.78, 5) is 18.9. The van der Waals surface area contributed by atoms with Gasteiger partial charge in [-0.15, -0.1) is 0 Å². The third kappa shape index (κ3) is 4.98. The smallest absolute Gasteiger partial charge is 0.266 e. The molecule has 0 radical (unpaired) electrons. The standard InChI is InChI=1S/C31H31N3O4S/c1-4-23-16-18-25(19-17-23)34-30(32-28-14-8-7-13-27(28)31(34)35)22(2)33(20-21-38-3)39(36,37)29-15-9-11-24-10-5-6-12-26(24)29/h5-19,22H,4,20-21H2,1-3H3. The molecule has 0 aliphatic carbocycles. The highest BCUT2D eigenvalue weighted by Gasteiger charge is 2.34. The van der Waals surface area contributed by atoms with Crippen molar-refractivity contribution in [2.75, 3.05) is 20.3 Å². The molecule has 0 aliphatic rings. The van der Waals surface area contributed by atoms with Crippen molar-refractivity contribution in [2.45, 2.75) is 31.2 Å². The van der Waals surface area contributed by atoms with E-state index < -0.39 is 16.1 Å². The van der Waals surface area contributed by atoms with Crippen LogP contribution < -0.4 is 5.56 Å². The molecule has 0 bridgehead atoms. The molecule has 0 fully saturated rings. The van der Waals surface area contributed by atoms with Gasteiger partial charge in [0.15, 0.2) is 0 Å². The van der Waals surface area contributed by atoms with Crippen molar-refractivity contribution in [1.29, 1.82) is 0 Å². The molecule has 1 unspecified atom stereocenters. The van der Waals surface area contributed by atoms with Crippen molar-refractivity contribution in [3.63, 3.8) is 0 Å². The number of hydrogen-bond donors (Lipinski definition) is 0. The topological polar surface area (TPSA) is 81.5 Å². The van der Waals surface area contributed by atoms with E-state index in [2.05, 4.69) is 6.92 Å². The number of methoxy groups -OCH3 is 1. The van der Waals surface area contributed by atoms with Crippen molar-refractivity contribution in [3.8, 4) is 5.69 Å². The lowest BCUT2D eigenvalue weighted by molar-refractivity contribution is 0.166. The van der Waals surface area contributed by atoms with Gasteiger partial charge in [0.1, 0.15) is 5.82 Å². The molecule has 1 heterocycles. The largest absolute Gasteiger partial charge is 0.383 e. The first-order chi connectivity index (χ1) is 18.9. The summed E-state index contributed by atoms with van der Waals surface area (Å²) in [6.45, 7) is 4.10. The molecule has 0 amide bonds. The maximum Gasteiger partial charge on any atom is 0.266 e. The van der Waals surface area contributed by atoms with E-state index in [1.54, 1.807) is 43.3 Å². The van der Waals surface area contributed by atoms with Crippen LogP contribution in [0.15, 0.2) is 101 Å². The second-order valence-electron chi connectivity index (χ2n) is 9.41. The molecule has 0 N–H and O–H groups in total. The Balaban J connectivity index is 1.73. The summed E-state index contributed by atoms with van der Waals surface area (Å²) in [5.74, 6) is 0.336. The fourth-order valence-corrected chi connectivity index (χ4v) is 6.73. The van der Waals surface area contributed by atoms with Crippen LogP contribution in [-0.2, 0) is 21.2 Å². The second-order valence-corrected chi connectivity index (χ2v) is 11.3. The zero-order valence-corrected chi connectivity index (χ0v) is 23.1. The van der Waals surface area contributed by atoms with Gasteiger partial charge in [-0.05, 0) is 54.6 Å². The van der Waals surface area contributed by atoms with Gasteiger partial charge in [0.05, 0.1) is 34.1 Å². The molecule has 0 aliphatic heterocycles. The number of aryl methyl sites for hydroxylation is 1. The van der Waals surface area contributed by atoms with E-state index in [4.69, 9.17) is 9.72 Å². The SMILES string of the molecule is CCc1ccc(-n2c(C(C)N(CCOC)S(=O)(=O)c3cccc4ccccc34)nc3ccccc3c2=O)cc1. The predicted octanol–water partition coefficient (Wildman–Crippen LogP) is 5.50. The van der Waals surface area contributed by atoms with Gasteiger partial charge in [-0.25, -0.2) is 13.4 Å². The normalized spacial score (nSPS) is 12.8. The summed E-state index contributed by atoms with van der Waals surface area (Å²) in [5.41, 5.74) is 2.03. The van der Waals surface area contributed by atoms with Crippen LogP contribution in [0.25, 0.3) is 27.4 Å². The van der Waals surface area contributed by atoms with Crippen molar-refractivity contribution < 1.29 is 13.2 Å². The van der Waals surface area contributed by atoms with Gasteiger partial charge in [0, 0.05) is 19.0 Å². The minimum absolute atomic E-state index is 0.0840. The number of para-hydroxylation sites is 1. The summed E-state index contributed by atoms with van der Waals surface area (Å²) in [6, 6.07) is 26.7. The zero-order chi connectivity index (χ0) is 27.6. The summed E-state index contributed by atoms with van der Waals surface area (Å²) in [6.07, 6.45) is 0.864. The van der Waals surface area contributed by atoms with E-state index in [0.717, 1.165) is 17.4 Å². The number of benzene rings is 4. The highest BCUT2D eigenvalue weighted by Crippen LogP contribution is 2.32. The molecule has 39 heavy (non-hydrogen) atoms. The minimum atomic E-state index is -4.03. The van der Waals surface area contributed by atoms with E-state index in [-0.39, 0.29) is 23.6 Å². The van der Waals surface area contributed by atoms with Gasteiger partial charge in [0.25, 0.3) is 5.56 Å². The van der Waals surface area contributed by atoms with Gasteiger partial charge in [-0.1, -0.05) is 67.6 Å². The van der Waals surface area contributed by atoms with Crippen LogP contribution in [0, 0.1) is 0 Å². The maximum absolute atomic E-state index is 14.3. The predicted molar refractivity (Wildman–Crippen MR) is 155 cm³/mol. The Kier molecular flexibility index (Phi) is 7.61. The first-order valence-corrected chi connectivity index (χ1v) is 14.4. The molecule has 1 atom stereocenters. The van der Waals surface area contributed by atoms with E-state index in [1.165, 1.54) is 16.0 Å². The van der Waals surface area contributed by atoms with Crippen LogP contribution in [-0.4, -0.2) is 42.5 Å². The minimum Gasteiger partial charge on any atom is -0.383 e. The quantitative estimate of drug-likeness (QED) is 0.246. The van der Waals surface area contributed by atoms with Gasteiger partial charge in [-0.3, -0.25) is 9.36 Å². The molecular formula is C31H31N3O4S. The molecule has 200 valence electrons. The van der Waals surface area contributed by atoms with Crippen molar-refractivity contribution in [2.24, 2.45) is 0 Å². The van der Waals surface area contributed by atoms with E-state index >= 15 is 0 Å². The lowest BCUT2D eigenvalue weighted by Crippen LogP contribution is -2.39. The van der Waals surface area contributed by atoms with Gasteiger partial charge in [0.2, 0.25) is 10.0 Å². The summed E-state index contributed by atoms with van der Waals surface area (Å²) < 4.78 is 36.8. The lowest BCUT2D eigenvalue weighted by atomic mass is 10.1. The molecule has 0 saturated carbocycles. The number of hydrogen-bond acceptors (Lipinski definition) is 5. The Labute approximate surface area is 228 Å². The van der Waals surface area contributed by atoms with Crippen LogP contribution in [0.3, 0.4) is 0 Å². The van der Waals surface area contributed by atoms with Crippen LogP contribution >= 0.6 is 0 Å². The van der Waals surface area contributed by atoms with Crippen molar-refractivity contribution >= 4 is 31.7 Å². The average Bonchev–Trinajstić information content (AvgIpc) is 2.97. The molecule has 5 aromatic rings. The van der Waals surface area contributed by atoms with Crippen LogP contribution in [0.4, 0.5) is 0 Å². The third-order valence-corrected chi connectivity index (χ3v) is 9.09. The van der Waals surface area contributed by atoms with Crippen LogP contribution in [0.1, 0.15) is 31.3 Å². The highest BCUT2D eigenvalue weighted by atomic mass is 32.2. The molecule has 4 aromatic carbocycles.